The minimum absolute atomic E-state index is 0.00119. The third-order valence-corrected chi connectivity index (χ3v) is 5.69. The smallest absolute Gasteiger partial charge is 0.253 e. The summed E-state index contributed by atoms with van der Waals surface area (Å²) >= 11 is 0. The van der Waals surface area contributed by atoms with Crippen LogP contribution in [0.5, 0.6) is 0 Å². The van der Waals surface area contributed by atoms with Gasteiger partial charge in [-0.15, -0.1) is 0 Å². The van der Waals surface area contributed by atoms with Crippen LogP contribution in [0.3, 0.4) is 0 Å². The van der Waals surface area contributed by atoms with E-state index in [9.17, 15) is 9.59 Å². The zero-order chi connectivity index (χ0) is 20.1. The molecule has 0 radical (unpaired) electrons. The van der Waals surface area contributed by atoms with E-state index in [0.29, 0.717) is 43.9 Å². The molecule has 5 nitrogen and oxygen atoms in total. The van der Waals surface area contributed by atoms with Crippen molar-refractivity contribution >= 4 is 11.8 Å². The van der Waals surface area contributed by atoms with Crippen molar-refractivity contribution in [3.63, 3.8) is 0 Å². The SMILES string of the molecule is CCN(CC)C(=O)c1ccc(C(=O)N2C[C@@H](CN)[C@H](c3ccccc3)C2)cc1. The standard InChI is InChI=1S/C23H29N3O2/c1-3-25(4-2)22(27)18-10-12-19(13-11-18)23(28)26-15-20(14-24)21(16-26)17-8-6-5-7-9-17/h5-13,20-21H,3-4,14-16,24H2,1-2H3/t20-,21+/m1/s1. The van der Waals surface area contributed by atoms with Crippen molar-refractivity contribution in [1.82, 2.24) is 9.80 Å². The average Bonchev–Trinajstić information content (AvgIpc) is 3.19. The molecule has 1 aliphatic heterocycles. The molecule has 1 saturated heterocycles. The van der Waals surface area contributed by atoms with Crippen LogP contribution in [0.25, 0.3) is 0 Å². The number of rotatable bonds is 6. The zero-order valence-corrected chi connectivity index (χ0v) is 16.7. The molecule has 0 unspecified atom stereocenters. The predicted octanol–water partition coefficient (Wildman–Crippen LogP) is 2.98. The molecule has 2 atom stereocenters. The van der Waals surface area contributed by atoms with Crippen LogP contribution in [0.15, 0.2) is 54.6 Å². The number of amides is 2. The van der Waals surface area contributed by atoms with Crippen molar-refractivity contribution in [2.24, 2.45) is 11.7 Å². The zero-order valence-electron chi connectivity index (χ0n) is 16.7. The Morgan fingerprint density at radius 2 is 1.57 bits per heavy atom. The Morgan fingerprint density at radius 1 is 0.964 bits per heavy atom. The maximum atomic E-state index is 13.0. The Labute approximate surface area is 167 Å². The Balaban J connectivity index is 1.73. The van der Waals surface area contributed by atoms with Gasteiger partial charge in [0.15, 0.2) is 0 Å². The summed E-state index contributed by atoms with van der Waals surface area (Å²) in [4.78, 5) is 29.1. The Hall–Kier alpha value is -2.66. The van der Waals surface area contributed by atoms with Crippen LogP contribution in [-0.2, 0) is 0 Å². The predicted molar refractivity (Wildman–Crippen MR) is 111 cm³/mol. The summed E-state index contributed by atoms with van der Waals surface area (Å²) in [5.74, 6) is 0.518. The maximum Gasteiger partial charge on any atom is 0.253 e. The molecule has 0 aliphatic carbocycles. The second-order valence-electron chi connectivity index (χ2n) is 7.28. The van der Waals surface area contributed by atoms with Gasteiger partial charge in [-0.05, 0) is 56.1 Å². The topological polar surface area (TPSA) is 66.6 Å². The van der Waals surface area contributed by atoms with E-state index >= 15 is 0 Å². The fourth-order valence-electron chi connectivity index (χ4n) is 3.99. The summed E-state index contributed by atoms with van der Waals surface area (Å²) in [6, 6.07) is 17.3. The van der Waals surface area contributed by atoms with E-state index in [2.05, 4.69) is 12.1 Å². The second kappa shape index (κ2) is 9.02. The molecule has 0 saturated carbocycles. The third-order valence-electron chi connectivity index (χ3n) is 5.69. The van der Waals surface area contributed by atoms with Crippen LogP contribution < -0.4 is 5.73 Å². The third kappa shape index (κ3) is 4.09. The lowest BCUT2D eigenvalue weighted by molar-refractivity contribution is 0.0766. The van der Waals surface area contributed by atoms with Crippen molar-refractivity contribution in [1.29, 1.82) is 0 Å². The van der Waals surface area contributed by atoms with Crippen molar-refractivity contribution in [2.75, 3.05) is 32.7 Å². The molecule has 28 heavy (non-hydrogen) atoms. The van der Waals surface area contributed by atoms with E-state index in [1.54, 1.807) is 29.2 Å². The monoisotopic (exact) mass is 379 g/mol. The summed E-state index contributed by atoms with van der Waals surface area (Å²) < 4.78 is 0. The molecule has 1 fully saturated rings. The van der Waals surface area contributed by atoms with Crippen LogP contribution in [-0.4, -0.2) is 54.3 Å². The van der Waals surface area contributed by atoms with Gasteiger partial charge in [0, 0.05) is 43.2 Å². The second-order valence-corrected chi connectivity index (χ2v) is 7.28. The minimum Gasteiger partial charge on any atom is -0.339 e. The van der Waals surface area contributed by atoms with Crippen LogP contribution in [0.2, 0.25) is 0 Å². The van der Waals surface area contributed by atoms with E-state index in [0.717, 1.165) is 0 Å². The first-order valence-corrected chi connectivity index (χ1v) is 10.0. The van der Waals surface area contributed by atoms with Crippen molar-refractivity contribution in [3.8, 4) is 0 Å². The molecule has 1 aliphatic rings. The fraction of sp³-hybridized carbons (Fsp3) is 0.391. The van der Waals surface area contributed by atoms with Crippen LogP contribution in [0, 0.1) is 5.92 Å². The lowest BCUT2D eigenvalue weighted by Crippen LogP contribution is -2.31. The fourth-order valence-corrected chi connectivity index (χ4v) is 3.99. The molecule has 3 rings (SSSR count). The average molecular weight is 380 g/mol. The molecule has 1 heterocycles. The summed E-state index contributed by atoms with van der Waals surface area (Å²) in [6.45, 7) is 7.16. The van der Waals surface area contributed by atoms with E-state index < -0.39 is 0 Å². The van der Waals surface area contributed by atoms with Gasteiger partial charge in [0.2, 0.25) is 0 Å². The van der Waals surface area contributed by atoms with Gasteiger partial charge in [0.25, 0.3) is 11.8 Å². The summed E-state index contributed by atoms with van der Waals surface area (Å²) in [5, 5.41) is 0. The number of likely N-dealkylation sites (tertiary alicyclic amines) is 1. The first-order valence-electron chi connectivity index (χ1n) is 10.0. The van der Waals surface area contributed by atoms with Gasteiger partial charge < -0.3 is 15.5 Å². The largest absolute Gasteiger partial charge is 0.339 e. The number of carbonyl (C=O) groups is 2. The lowest BCUT2D eigenvalue weighted by atomic mass is 9.89. The first kappa shape index (κ1) is 20.1. The highest BCUT2D eigenvalue weighted by atomic mass is 16.2. The Morgan fingerprint density at radius 3 is 2.14 bits per heavy atom. The molecule has 2 aromatic rings. The van der Waals surface area contributed by atoms with Gasteiger partial charge in [-0.3, -0.25) is 9.59 Å². The molecular formula is C23H29N3O2. The Bertz CT molecular complexity index is 800. The summed E-state index contributed by atoms with van der Waals surface area (Å²) in [6.07, 6.45) is 0. The molecule has 0 bridgehead atoms. The highest BCUT2D eigenvalue weighted by Crippen LogP contribution is 2.32. The minimum atomic E-state index is -0.00231. The number of benzene rings is 2. The highest BCUT2D eigenvalue weighted by molar-refractivity contribution is 5.98. The number of nitrogens with two attached hydrogens (primary N) is 1. The van der Waals surface area contributed by atoms with E-state index in [4.69, 9.17) is 5.73 Å². The Kier molecular flexibility index (Phi) is 6.47. The van der Waals surface area contributed by atoms with E-state index in [-0.39, 0.29) is 23.7 Å². The highest BCUT2D eigenvalue weighted by Gasteiger charge is 2.35. The number of nitrogens with zero attached hydrogens (tertiary/aromatic N) is 2. The summed E-state index contributed by atoms with van der Waals surface area (Å²) in [5.41, 5.74) is 8.45. The quantitative estimate of drug-likeness (QED) is 0.839. The van der Waals surface area contributed by atoms with Gasteiger partial charge in [0.1, 0.15) is 0 Å². The van der Waals surface area contributed by atoms with Gasteiger partial charge in [-0.1, -0.05) is 30.3 Å². The van der Waals surface area contributed by atoms with Gasteiger partial charge in [-0.25, -0.2) is 0 Å². The molecule has 2 aromatic carbocycles. The van der Waals surface area contributed by atoms with Crippen LogP contribution in [0.1, 0.15) is 46.0 Å². The van der Waals surface area contributed by atoms with Gasteiger partial charge in [-0.2, -0.15) is 0 Å². The van der Waals surface area contributed by atoms with Gasteiger partial charge in [0.05, 0.1) is 0 Å². The normalized spacial score (nSPS) is 18.9. The summed E-state index contributed by atoms with van der Waals surface area (Å²) in [7, 11) is 0. The lowest BCUT2D eigenvalue weighted by Gasteiger charge is -2.19. The molecule has 0 spiro atoms. The van der Waals surface area contributed by atoms with E-state index in [1.165, 1.54) is 5.56 Å². The van der Waals surface area contributed by atoms with Crippen molar-refractivity contribution < 1.29 is 9.59 Å². The molecule has 2 amide bonds. The molecule has 2 N–H and O–H groups in total. The van der Waals surface area contributed by atoms with Crippen LogP contribution >= 0.6 is 0 Å². The number of carbonyl (C=O) groups excluding carboxylic acids is 2. The maximum absolute atomic E-state index is 13.0. The van der Waals surface area contributed by atoms with Gasteiger partial charge >= 0.3 is 0 Å². The molecule has 5 heteroatoms. The van der Waals surface area contributed by atoms with Crippen molar-refractivity contribution in [2.45, 2.75) is 19.8 Å². The molecule has 0 aromatic heterocycles. The first-order chi connectivity index (χ1) is 13.6. The van der Waals surface area contributed by atoms with Crippen molar-refractivity contribution in [3.05, 3.63) is 71.3 Å². The number of hydrogen-bond acceptors (Lipinski definition) is 3. The van der Waals surface area contributed by atoms with E-state index in [1.807, 2.05) is 36.9 Å². The molecular weight excluding hydrogens is 350 g/mol. The molecule has 148 valence electrons. The number of hydrogen-bond donors (Lipinski definition) is 1. The van der Waals surface area contributed by atoms with Crippen LogP contribution in [0.4, 0.5) is 0 Å².